The highest BCUT2D eigenvalue weighted by molar-refractivity contribution is 7.86. The first-order valence-corrected chi connectivity index (χ1v) is 9.44. The lowest BCUT2D eigenvalue weighted by Crippen LogP contribution is -2.52. The van der Waals surface area contributed by atoms with Crippen LogP contribution in [0.25, 0.3) is 0 Å². The fourth-order valence-corrected chi connectivity index (χ4v) is 4.24. The largest absolute Gasteiger partial charge is 0.340 e. The van der Waals surface area contributed by atoms with Gasteiger partial charge < -0.3 is 9.80 Å². The standard InChI is InChI=1S/C14H28N4O3S/c1-4-16-9-11-17(12-10-16)14(19)13-5-7-18(8-6-13)22(20,21)15(2)3/h13H,4-12H2,1-3H3. The number of nitrogens with zero attached hydrogens (tertiary/aromatic N) is 4. The molecule has 2 heterocycles. The Hall–Kier alpha value is -0.700. The maximum absolute atomic E-state index is 12.6. The maximum atomic E-state index is 12.6. The summed E-state index contributed by atoms with van der Waals surface area (Å²) in [6.07, 6.45) is 1.25. The van der Waals surface area contributed by atoms with E-state index in [0.29, 0.717) is 25.9 Å². The van der Waals surface area contributed by atoms with Crippen LogP contribution in [0.3, 0.4) is 0 Å². The first kappa shape index (κ1) is 17.7. The van der Waals surface area contributed by atoms with E-state index in [1.165, 1.54) is 8.61 Å². The lowest BCUT2D eigenvalue weighted by molar-refractivity contribution is -0.138. The van der Waals surface area contributed by atoms with Gasteiger partial charge in [0.1, 0.15) is 0 Å². The lowest BCUT2D eigenvalue weighted by Gasteiger charge is -2.38. The van der Waals surface area contributed by atoms with Crippen molar-refractivity contribution < 1.29 is 13.2 Å². The number of piperidine rings is 1. The summed E-state index contributed by atoms with van der Waals surface area (Å²) < 4.78 is 26.9. The monoisotopic (exact) mass is 332 g/mol. The first-order chi connectivity index (χ1) is 10.4. The Kier molecular flexibility index (Phi) is 5.81. The van der Waals surface area contributed by atoms with E-state index in [0.717, 1.165) is 32.7 Å². The summed E-state index contributed by atoms with van der Waals surface area (Å²) in [5.41, 5.74) is 0. The molecular formula is C14H28N4O3S. The van der Waals surface area contributed by atoms with E-state index in [4.69, 9.17) is 0 Å². The molecule has 0 radical (unpaired) electrons. The van der Waals surface area contributed by atoms with Gasteiger partial charge in [0.15, 0.2) is 0 Å². The average molecular weight is 332 g/mol. The van der Waals surface area contributed by atoms with E-state index < -0.39 is 10.2 Å². The molecule has 0 aliphatic carbocycles. The lowest BCUT2D eigenvalue weighted by atomic mass is 9.96. The van der Waals surface area contributed by atoms with E-state index >= 15 is 0 Å². The fraction of sp³-hybridized carbons (Fsp3) is 0.929. The molecule has 0 unspecified atom stereocenters. The van der Waals surface area contributed by atoms with E-state index in [-0.39, 0.29) is 11.8 Å². The SMILES string of the molecule is CCN1CCN(C(=O)C2CCN(S(=O)(=O)N(C)C)CC2)CC1. The summed E-state index contributed by atoms with van der Waals surface area (Å²) in [6.45, 7) is 7.51. The highest BCUT2D eigenvalue weighted by atomic mass is 32.2. The third kappa shape index (κ3) is 3.79. The van der Waals surface area contributed by atoms with Crippen molar-refractivity contribution in [3.05, 3.63) is 0 Å². The molecule has 0 N–H and O–H groups in total. The zero-order valence-corrected chi connectivity index (χ0v) is 14.7. The third-order valence-electron chi connectivity index (χ3n) is 4.72. The van der Waals surface area contributed by atoms with Crippen molar-refractivity contribution in [3.63, 3.8) is 0 Å². The van der Waals surface area contributed by atoms with Crippen molar-refractivity contribution >= 4 is 16.1 Å². The minimum absolute atomic E-state index is 0.0261. The summed E-state index contributed by atoms with van der Waals surface area (Å²) in [5.74, 6) is 0.180. The molecule has 0 bridgehead atoms. The predicted molar refractivity (Wildman–Crippen MR) is 85.6 cm³/mol. The molecular weight excluding hydrogens is 304 g/mol. The molecule has 1 amide bonds. The first-order valence-electron chi connectivity index (χ1n) is 8.05. The minimum atomic E-state index is -3.35. The highest BCUT2D eigenvalue weighted by Crippen LogP contribution is 2.23. The van der Waals surface area contributed by atoms with Gasteiger partial charge >= 0.3 is 0 Å². The van der Waals surface area contributed by atoms with Crippen molar-refractivity contribution in [2.24, 2.45) is 5.92 Å². The van der Waals surface area contributed by atoms with Gasteiger partial charge in [-0.15, -0.1) is 0 Å². The van der Waals surface area contributed by atoms with Gasteiger partial charge in [0, 0.05) is 59.3 Å². The zero-order chi connectivity index (χ0) is 16.3. The predicted octanol–water partition coefficient (Wildman–Crippen LogP) is -0.331. The molecule has 0 aromatic carbocycles. The summed E-state index contributed by atoms with van der Waals surface area (Å²) in [4.78, 5) is 16.9. The van der Waals surface area contributed by atoms with Gasteiger partial charge in [0.2, 0.25) is 5.91 Å². The highest BCUT2D eigenvalue weighted by Gasteiger charge is 2.34. The van der Waals surface area contributed by atoms with Crippen molar-refractivity contribution in [1.29, 1.82) is 0 Å². The van der Waals surface area contributed by atoms with Gasteiger partial charge in [0.25, 0.3) is 10.2 Å². The van der Waals surface area contributed by atoms with Gasteiger partial charge in [-0.25, -0.2) is 0 Å². The number of amides is 1. The second-order valence-electron chi connectivity index (χ2n) is 6.22. The van der Waals surface area contributed by atoms with E-state index in [2.05, 4.69) is 11.8 Å². The van der Waals surface area contributed by atoms with Crippen molar-refractivity contribution in [1.82, 2.24) is 18.4 Å². The number of carbonyl (C=O) groups excluding carboxylic acids is 1. The Balaban J connectivity index is 1.85. The van der Waals surface area contributed by atoms with Crippen LogP contribution in [0.5, 0.6) is 0 Å². The molecule has 0 aromatic rings. The number of carbonyl (C=O) groups is 1. The average Bonchev–Trinajstić information content (AvgIpc) is 2.54. The molecule has 22 heavy (non-hydrogen) atoms. The van der Waals surface area contributed by atoms with Gasteiger partial charge in [0.05, 0.1) is 0 Å². The maximum Gasteiger partial charge on any atom is 0.281 e. The second-order valence-corrected chi connectivity index (χ2v) is 8.37. The number of piperazine rings is 1. The molecule has 2 aliphatic heterocycles. The molecule has 2 fully saturated rings. The summed E-state index contributed by atoms with van der Waals surface area (Å²) >= 11 is 0. The smallest absolute Gasteiger partial charge is 0.281 e. The van der Waals surface area contributed by atoms with Crippen LogP contribution in [0, 0.1) is 5.92 Å². The molecule has 2 saturated heterocycles. The van der Waals surface area contributed by atoms with Crippen molar-refractivity contribution in [2.45, 2.75) is 19.8 Å². The van der Waals surface area contributed by atoms with E-state index in [1.54, 1.807) is 14.1 Å². The molecule has 2 aliphatic rings. The zero-order valence-electron chi connectivity index (χ0n) is 13.9. The normalized spacial score (nSPS) is 23.2. The van der Waals surface area contributed by atoms with Crippen LogP contribution in [0.1, 0.15) is 19.8 Å². The van der Waals surface area contributed by atoms with E-state index in [1.807, 2.05) is 4.90 Å². The Morgan fingerprint density at radius 2 is 1.59 bits per heavy atom. The van der Waals surface area contributed by atoms with Crippen LogP contribution in [0.2, 0.25) is 0 Å². The molecule has 0 spiro atoms. The minimum Gasteiger partial charge on any atom is -0.340 e. The van der Waals surface area contributed by atoms with Crippen LogP contribution in [-0.4, -0.2) is 92.6 Å². The summed E-state index contributed by atoms with van der Waals surface area (Å²) in [6, 6.07) is 0. The number of rotatable bonds is 4. The number of hydrogen-bond donors (Lipinski definition) is 0. The summed E-state index contributed by atoms with van der Waals surface area (Å²) in [7, 11) is -0.267. The van der Waals surface area contributed by atoms with Crippen LogP contribution in [0.4, 0.5) is 0 Å². The van der Waals surface area contributed by atoms with Gasteiger partial charge in [-0.05, 0) is 19.4 Å². The quantitative estimate of drug-likeness (QED) is 0.707. The topological polar surface area (TPSA) is 64.2 Å². The van der Waals surface area contributed by atoms with Gasteiger partial charge in [-0.1, -0.05) is 6.92 Å². The molecule has 0 aromatic heterocycles. The summed E-state index contributed by atoms with van der Waals surface area (Å²) in [5, 5.41) is 0. The van der Waals surface area contributed by atoms with Crippen LogP contribution in [-0.2, 0) is 15.0 Å². The number of likely N-dealkylation sites (N-methyl/N-ethyl adjacent to an activating group) is 1. The molecule has 0 saturated carbocycles. The fourth-order valence-electron chi connectivity index (χ4n) is 3.11. The Morgan fingerprint density at radius 1 is 1.05 bits per heavy atom. The van der Waals surface area contributed by atoms with Crippen LogP contribution < -0.4 is 0 Å². The van der Waals surface area contributed by atoms with E-state index in [9.17, 15) is 13.2 Å². The van der Waals surface area contributed by atoms with Gasteiger partial charge in [-0.2, -0.15) is 17.0 Å². The van der Waals surface area contributed by atoms with Crippen LogP contribution in [0.15, 0.2) is 0 Å². The third-order valence-corrected chi connectivity index (χ3v) is 6.66. The molecule has 0 atom stereocenters. The van der Waals surface area contributed by atoms with Crippen molar-refractivity contribution in [2.75, 3.05) is 59.9 Å². The second kappa shape index (κ2) is 7.25. The van der Waals surface area contributed by atoms with Gasteiger partial charge in [-0.3, -0.25) is 4.79 Å². The number of hydrogen-bond acceptors (Lipinski definition) is 4. The Morgan fingerprint density at radius 3 is 2.05 bits per heavy atom. The Bertz CT molecular complexity index is 478. The molecule has 8 heteroatoms. The molecule has 128 valence electrons. The van der Waals surface area contributed by atoms with Crippen LogP contribution >= 0.6 is 0 Å². The molecule has 7 nitrogen and oxygen atoms in total. The Labute approximate surface area is 134 Å². The molecule has 2 rings (SSSR count). The van der Waals surface area contributed by atoms with Crippen molar-refractivity contribution in [3.8, 4) is 0 Å².